The molecule has 6 nitrogen and oxygen atoms in total. The first-order valence-electron chi connectivity index (χ1n) is 9.83. The van der Waals surface area contributed by atoms with Gasteiger partial charge in [0.1, 0.15) is 5.76 Å². The number of hydrogen-bond acceptors (Lipinski definition) is 4. The zero-order chi connectivity index (χ0) is 18.5. The van der Waals surface area contributed by atoms with Crippen LogP contribution >= 0.6 is 24.0 Å². The van der Waals surface area contributed by atoms with Crippen LogP contribution in [-0.2, 0) is 19.4 Å². The van der Waals surface area contributed by atoms with Gasteiger partial charge in [-0.25, -0.2) is 0 Å². The third-order valence-electron chi connectivity index (χ3n) is 4.29. The summed E-state index contributed by atoms with van der Waals surface area (Å²) in [6.07, 6.45) is 5.30. The molecule has 0 unspecified atom stereocenters. The van der Waals surface area contributed by atoms with Crippen LogP contribution < -0.4 is 10.6 Å². The zero-order valence-electron chi connectivity index (χ0n) is 17.2. The van der Waals surface area contributed by atoms with Crippen LogP contribution in [0.5, 0.6) is 0 Å². The lowest BCUT2D eigenvalue weighted by molar-refractivity contribution is 0.271. The molecule has 1 rings (SSSR count). The molecular formula is C19H38IN5O. The van der Waals surface area contributed by atoms with Gasteiger partial charge in [0.15, 0.2) is 5.96 Å². The van der Waals surface area contributed by atoms with Gasteiger partial charge in [-0.1, -0.05) is 32.9 Å². The third-order valence-corrected chi connectivity index (χ3v) is 4.29. The van der Waals surface area contributed by atoms with Crippen LogP contribution in [-0.4, -0.2) is 49.2 Å². The summed E-state index contributed by atoms with van der Waals surface area (Å²) in [7, 11) is 1.81. The highest BCUT2D eigenvalue weighted by Gasteiger charge is 2.13. The van der Waals surface area contributed by atoms with Crippen molar-refractivity contribution in [1.82, 2.24) is 20.7 Å². The lowest BCUT2D eigenvalue weighted by Crippen LogP contribution is -2.38. The standard InChI is InChI=1S/C19H37N5O.HI/c1-6-12-24(13-7-2)14-10-11-21-19(20-5)22-15-16-17(8-3)23-25-18(16)9-4;/h6-15H2,1-5H3,(H2,20,21,22);1H. The fourth-order valence-electron chi connectivity index (χ4n) is 3.01. The first-order chi connectivity index (χ1) is 12.2. The van der Waals surface area contributed by atoms with Crippen LogP contribution in [0.15, 0.2) is 9.52 Å². The Morgan fingerprint density at radius 3 is 2.27 bits per heavy atom. The number of aromatic nitrogens is 1. The van der Waals surface area contributed by atoms with E-state index in [0.29, 0.717) is 6.54 Å². The Kier molecular flexibility index (Phi) is 14.8. The van der Waals surface area contributed by atoms with E-state index in [1.165, 1.54) is 31.5 Å². The van der Waals surface area contributed by atoms with E-state index in [9.17, 15) is 0 Å². The molecule has 0 fully saturated rings. The lowest BCUT2D eigenvalue weighted by atomic mass is 10.1. The van der Waals surface area contributed by atoms with Gasteiger partial charge >= 0.3 is 0 Å². The van der Waals surface area contributed by atoms with Gasteiger partial charge in [0, 0.05) is 32.1 Å². The second-order valence-electron chi connectivity index (χ2n) is 6.29. The second-order valence-corrected chi connectivity index (χ2v) is 6.29. The molecule has 152 valence electrons. The van der Waals surface area contributed by atoms with E-state index in [4.69, 9.17) is 4.52 Å². The van der Waals surface area contributed by atoms with Gasteiger partial charge in [0.2, 0.25) is 0 Å². The van der Waals surface area contributed by atoms with Crippen molar-refractivity contribution in [2.75, 3.05) is 33.2 Å². The van der Waals surface area contributed by atoms with E-state index in [1.807, 2.05) is 7.05 Å². The number of hydrogen-bond donors (Lipinski definition) is 2. The van der Waals surface area contributed by atoms with Gasteiger partial charge in [0.05, 0.1) is 5.69 Å². The van der Waals surface area contributed by atoms with Crippen LogP contribution in [0.1, 0.15) is 64.0 Å². The molecule has 0 saturated carbocycles. The van der Waals surface area contributed by atoms with Crippen molar-refractivity contribution in [2.45, 2.75) is 66.3 Å². The fraction of sp³-hybridized carbons (Fsp3) is 0.789. The molecule has 0 aliphatic rings. The molecule has 1 heterocycles. The van der Waals surface area contributed by atoms with E-state index < -0.39 is 0 Å². The maximum atomic E-state index is 5.42. The number of aryl methyl sites for hydroxylation is 2. The van der Waals surface area contributed by atoms with Crippen molar-refractivity contribution in [2.24, 2.45) is 4.99 Å². The Balaban J connectivity index is 0.00000625. The Morgan fingerprint density at radius 2 is 1.73 bits per heavy atom. The van der Waals surface area contributed by atoms with Crippen molar-refractivity contribution in [3.8, 4) is 0 Å². The van der Waals surface area contributed by atoms with Gasteiger partial charge in [0.25, 0.3) is 0 Å². The molecule has 0 aliphatic carbocycles. The summed E-state index contributed by atoms with van der Waals surface area (Å²) < 4.78 is 5.42. The van der Waals surface area contributed by atoms with E-state index in [2.05, 4.69) is 53.4 Å². The first kappa shape index (κ1) is 25.2. The SMILES string of the molecule is CCCN(CCC)CCCNC(=NC)NCc1c(CC)noc1CC.I. The molecule has 0 aliphatic heterocycles. The fourth-order valence-corrected chi connectivity index (χ4v) is 3.01. The number of halogens is 1. The summed E-state index contributed by atoms with van der Waals surface area (Å²) in [5, 5.41) is 11.0. The van der Waals surface area contributed by atoms with E-state index in [1.54, 1.807) is 0 Å². The summed E-state index contributed by atoms with van der Waals surface area (Å²) in [4.78, 5) is 6.86. The summed E-state index contributed by atoms with van der Waals surface area (Å²) in [6, 6.07) is 0. The predicted octanol–water partition coefficient (Wildman–Crippen LogP) is 3.59. The van der Waals surface area contributed by atoms with E-state index in [-0.39, 0.29) is 24.0 Å². The lowest BCUT2D eigenvalue weighted by Gasteiger charge is -2.21. The number of nitrogens with zero attached hydrogens (tertiary/aromatic N) is 3. The number of aliphatic imine (C=N–C) groups is 1. The smallest absolute Gasteiger partial charge is 0.191 e. The minimum absolute atomic E-state index is 0. The summed E-state index contributed by atoms with van der Waals surface area (Å²) in [6.45, 7) is 13.8. The Bertz CT molecular complexity index is 477. The maximum Gasteiger partial charge on any atom is 0.191 e. The highest BCUT2D eigenvalue weighted by Crippen LogP contribution is 2.15. The van der Waals surface area contributed by atoms with Crippen molar-refractivity contribution in [3.63, 3.8) is 0 Å². The van der Waals surface area contributed by atoms with Crippen molar-refractivity contribution in [1.29, 1.82) is 0 Å². The van der Waals surface area contributed by atoms with Gasteiger partial charge in [-0.2, -0.15) is 0 Å². The molecule has 0 amide bonds. The Labute approximate surface area is 176 Å². The zero-order valence-corrected chi connectivity index (χ0v) is 19.6. The topological polar surface area (TPSA) is 65.7 Å². The monoisotopic (exact) mass is 479 g/mol. The van der Waals surface area contributed by atoms with Crippen LogP contribution in [0.4, 0.5) is 0 Å². The molecule has 1 aromatic heterocycles. The molecule has 0 bridgehead atoms. The van der Waals surface area contributed by atoms with Crippen LogP contribution in [0, 0.1) is 0 Å². The summed E-state index contributed by atoms with van der Waals surface area (Å²) in [5.74, 6) is 1.80. The average molecular weight is 479 g/mol. The van der Waals surface area contributed by atoms with E-state index in [0.717, 1.165) is 49.8 Å². The molecule has 0 saturated heterocycles. The molecule has 0 spiro atoms. The average Bonchev–Trinajstić information content (AvgIpc) is 3.03. The molecule has 0 aromatic carbocycles. The maximum absolute atomic E-state index is 5.42. The second kappa shape index (κ2) is 15.2. The largest absolute Gasteiger partial charge is 0.361 e. The molecule has 7 heteroatoms. The Hall–Kier alpha value is -0.830. The summed E-state index contributed by atoms with van der Waals surface area (Å²) >= 11 is 0. The normalized spacial score (nSPS) is 11.5. The first-order valence-corrected chi connectivity index (χ1v) is 9.83. The molecule has 0 atom stereocenters. The van der Waals surface area contributed by atoms with Crippen LogP contribution in [0.3, 0.4) is 0 Å². The molecule has 26 heavy (non-hydrogen) atoms. The van der Waals surface area contributed by atoms with Gasteiger partial charge in [-0.3, -0.25) is 4.99 Å². The van der Waals surface area contributed by atoms with Crippen LogP contribution in [0.2, 0.25) is 0 Å². The summed E-state index contributed by atoms with van der Waals surface area (Å²) in [5.41, 5.74) is 2.21. The Morgan fingerprint density at radius 1 is 1.04 bits per heavy atom. The number of nitrogens with one attached hydrogen (secondary N) is 2. The minimum atomic E-state index is 0. The number of rotatable bonds is 12. The van der Waals surface area contributed by atoms with E-state index >= 15 is 0 Å². The van der Waals surface area contributed by atoms with Crippen LogP contribution in [0.25, 0.3) is 0 Å². The highest BCUT2D eigenvalue weighted by molar-refractivity contribution is 14.0. The molecule has 0 radical (unpaired) electrons. The molecular weight excluding hydrogens is 441 g/mol. The van der Waals surface area contributed by atoms with Crippen molar-refractivity contribution < 1.29 is 4.52 Å². The highest BCUT2D eigenvalue weighted by atomic mass is 127. The van der Waals surface area contributed by atoms with Crippen molar-refractivity contribution in [3.05, 3.63) is 17.0 Å². The number of guanidine groups is 1. The predicted molar refractivity (Wildman–Crippen MR) is 121 cm³/mol. The van der Waals surface area contributed by atoms with Gasteiger partial charge in [-0.05, 0) is 45.3 Å². The quantitative estimate of drug-likeness (QED) is 0.208. The molecule has 2 N–H and O–H groups in total. The van der Waals surface area contributed by atoms with Gasteiger partial charge < -0.3 is 20.1 Å². The third kappa shape index (κ3) is 8.70. The van der Waals surface area contributed by atoms with Gasteiger partial charge in [-0.15, -0.1) is 24.0 Å². The van der Waals surface area contributed by atoms with Crippen molar-refractivity contribution >= 4 is 29.9 Å². The molecule has 1 aromatic rings. The minimum Gasteiger partial charge on any atom is -0.361 e.